The topological polar surface area (TPSA) is 74.6 Å². The number of carboxylic acid groups (broad SMARTS) is 2. The molecule has 0 atom stereocenters. The number of rotatable bonds is 14. The van der Waals surface area contributed by atoms with Gasteiger partial charge >= 0.3 is 11.9 Å². The van der Waals surface area contributed by atoms with Crippen LogP contribution in [-0.2, 0) is 9.59 Å². The van der Waals surface area contributed by atoms with Crippen molar-refractivity contribution in [2.75, 3.05) is 0 Å². The normalized spacial score (nSPS) is 11.1. The van der Waals surface area contributed by atoms with E-state index in [1.165, 1.54) is 63.9 Å². The van der Waals surface area contributed by atoms with E-state index in [0.717, 1.165) is 12.5 Å². The van der Waals surface area contributed by atoms with Crippen LogP contribution in [0.3, 0.4) is 0 Å². The molecule has 0 aromatic rings. The van der Waals surface area contributed by atoms with Gasteiger partial charge in [0.15, 0.2) is 0 Å². The highest BCUT2D eigenvalue weighted by Crippen LogP contribution is 2.10. The highest BCUT2D eigenvalue weighted by Gasteiger charge is 1.90. The minimum atomic E-state index is -0.909. The van der Waals surface area contributed by atoms with Crippen molar-refractivity contribution >= 4 is 11.9 Å². The third-order valence-corrected chi connectivity index (χ3v) is 3.49. The van der Waals surface area contributed by atoms with Crippen LogP contribution in [0.5, 0.6) is 0 Å². The van der Waals surface area contributed by atoms with Crippen LogP contribution in [0.2, 0.25) is 0 Å². The molecule has 0 fully saturated rings. The van der Waals surface area contributed by atoms with E-state index in [1.807, 2.05) is 12.2 Å². The smallest absolute Gasteiger partial charge is 0.328 e. The van der Waals surface area contributed by atoms with Crippen molar-refractivity contribution in [2.45, 2.75) is 84.5 Å². The lowest BCUT2D eigenvalue weighted by molar-refractivity contribution is -0.136. The molecule has 0 rings (SSSR count). The molecule has 144 valence electrons. The summed E-state index contributed by atoms with van der Waals surface area (Å²) in [5, 5.41) is 16.1. The fourth-order valence-electron chi connectivity index (χ4n) is 2.01. The lowest BCUT2D eigenvalue weighted by atomic mass is 10.1. The second kappa shape index (κ2) is 22.2. The Morgan fingerprint density at radius 2 is 1.20 bits per heavy atom. The number of allylic oxidation sites excluding steroid dienone is 5. The first-order valence-electron chi connectivity index (χ1n) is 9.49. The molecule has 0 heterocycles. The highest BCUT2D eigenvalue weighted by molar-refractivity contribution is 5.80. The molecule has 0 radical (unpaired) electrons. The number of hydrogen-bond donors (Lipinski definition) is 2. The van der Waals surface area contributed by atoms with Gasteiger partial charge in [0.1, 0.15) is 0 Å². The van der Waals surface area contributed by atoms with Gasteiger partial charge in [-0.15, -0.1) is 0 Å². The highest BCUT2D eigenvalue weighted by atomic mass is 16.4. The molecular weight excluding hydrogens is 316 g/mol. The van der Waals surface area contributed by atoms with Crippen LogP contribution < -0.4 is 0 Å². The van der Waals surface area contributed by atoms with Crippen molar-refractivity contribution in [3.8, 4) is 0 Å². The molecule has 0 saturated heterocycles. The monoisotopic (exact) mass is 352 g/mol. The number of carboxylic acids is 2. The molecule has 4 heteroatoms. The average Bonchev–Trinajstić information content (AvgIpc) is 2.58. The second-order valence-electron chi connectivity index (χ2n) is 5.87. The fourth-order valence-corrected chi connectivity index (χ4v) is 2.01. The Morgan fingerprint density at radius 1 is 0.720 bits per heavy atom. The van der Waals surface area contributed by atoms with Crippen molar-refractivity contribution in [3.05, 3.63) is 36.5 Å². The van der Waals surface area contributed by atoms with Crippen molar-refractivity contribution in [1.29, 1.82) is 0 Å². The summed E-state index contributed by atoms with van der Waals surface area (Å²) < 4.78 is 0. The van der Waals surface area contributed by atoms with Crippen LogP contribution in [0.15, 0.2) is 36.5 Å². The Morgan fingerprint density at radius 3 is 1.68 bits per heavy atom. The zero-order chi connectivity index (χ0) is 19.2. The van der Waals surface area contributed by atoms with Crippen LogP contribution in [0.25, 0.3) is 0 Å². The average molecular weight is 353 g/mol. The predicted molar refractivity (Wildman–Crippen MR) is 105 cm³/mol. The Hall–Kier alpha value is -1.84. The van der Waals surface area contributed by atoms with Gasteiger partial charge in [0.05, 0.1) is 0 Å². The maximum absolute atomic E-state index is 10.2. The lowest BCUT2D eigenvalue weighted by Crippen LogP contribution is -1.86. The van der Waals surface area contributed by atoms with Gasteiger partial charge in [0.2, 0.25) is 0 Å². The maximum atomic E-state index is 10.2. The van der Waals surface area contributed by atoms with Gasteiger partial charge in [0, 0.05) is 12.5 Å². The Labute approximate surface area is 153 Å². The summed E-state index contributed by atoms with van der Waals surface area (Å²) >= 11 is 0. The summed E-state index contributed by atoms with van der Waals surface area (Å²) in [6.45, 7) is 3.85. The Balaban J connectivity index is 0. The van der Waals surface area contributed by atoms with Crippen molar-refractivity contribution in [3.63, 3.8) is 0 Å². The van der Waals surface area contributed by atoms with Gasteiger partial charge in [-0.3, -0.25) is 4.79 Å². The van der Waals surface area contributed by atoms with Gasteiger partial charge in [-0.05, 0) is 12.8 Å². The first-order valence-corrected chi connectivity index (χ1v) is 9.49. The molecule has 0 unspecified atom stereocenters. The summed E-state index contributed by atoms with van der Waals surface area (Å²) in [6, 6.07) is 0. The minimum Gasteiger partial charge on any atom is -0.481 e. The van der Waals surface area contributed by atoms with Crippen molar-refractivity contribution in [1.82, 2.24) is 0 Å². The third kappa shape index (κ3) is 30.6. The standard InChI is InChI=1S/C18H30O2.C3H6O2/c1-2-3-4-5-6-7-8-9-10-11-12-13-14-15-16-17-18(19)20;1-2-3(4)5/h12-17H,2-11H2,1H3,(H,19,20);2H2,1H3,(H,4,5)/b13-12+,15-14+,17-16+;. The van der Waals surface area contributed by atoms with Gasteiger partial charge in [-0.25, -0.2) is 4.79 Å². The van der Waals surface area contributed by atoms with E-state index in [-0.39, 0.29) is 6.42 Å². The minimum absolute atomic E-state index is 0.222. The Bertz CT molecular complexity index is 395. The zero-order valence-electron chi connectivity index (χ0n) is 16.0. The van der Waals surface area contributed by atoms with E-state index in [9.17, 15) is 9.59 Å². The molecule has 0 spiro atoms. The molecule has 0 aromatic carbocycles. The van der Waals surface area contributed by atoms with E-state index < -0.39 is 11.9 Å². The molecule has 25 heavy (non-hydrogen) atoms. The van der Waals surface area contributed by atoms with Gasteiger partial charge in [0.25, 0.3) is 0 Å². The lowest BCUT2D eigenvalue weighted by Gasteiger charge is -2.00. The number of unbranched alkanes of at least 4 members (excludes halogenated alkanes) is 9. The van der Waals surface area contributed by atoms with Crippen LogP contribution in [0.1, 0.15) is 84.5 Å². The predicted octanol–water partition coefficient (Wildman–Crippen LogP) is 6.14. The van der Waals surface area contributed by atoms with Crippen molar-refractivity contribution < 1.29 is 19.8 Å². The van der Waals surface area contributed by atoms with E-state index in [2.05, 4.69) is 13.0 Å². The number of hydrogen-bond acceptors (Lipinski definition) is 2. The zero-order valence-corrected chi connectivity index (χ0v) is 16.0. The third-order valence-electron chi connectivity index (χ3n) is 3.49. The summed E-state index contributed by atoms with van der Waals surface area (Å²) in [4.78, 5) is 19.6. The molecule has 0 saturated carbocycles. The molecule has 0 aliphatic rings. The second-order valence-corrected chi connectivity index (χ2v) is 5.87. The van der Waals surface area contributed by atoms with Crippen molar-refractivity contribution in [2.24, 2.45) is 0 Å². The molecule has 2 N–H and O–H groups in total. The SMILES string of the molecule is CCC(=O)O.CCCCCCCCCCC/C=C/C=C/C=C/C(=O)O. The molecule has 4 nitrogen and oxygen atoms in total. The Kier molecular flexibility index (Phi) is 22.5. The fraction of sp³-hybridized carbons (Fsp3) is 0.619. The molecular formula is C21H36O4. The summed E-state index contributed by atoms with van der Waals surface area (Å²) in [5.74, 6) is -1.65. The largest absolute Gasteiger partial charge is 0.481 e. The molecule has 0 aliphatic heterocycles. The number of aliphatic carboxylic acids is 2. The van der Waals surface area contributed by atoms with Crippen LogP contribution in [-0.4, -0.2) is 22.2 Å². The molecule has 0 bridgehead atoms. The first-order chi connectivity index (χ1) is 12.0. The van der Waals surface area contributed by atoms with Gasteiger partial charge < -0.3 is 10.2 Å². The summed E-state index contributed by atoms with van der Waals surface area (Å²) in [7, 11) is 0. The van der Waals surface area contributed by atoms with E-state index in [4.69, 9.17) is 10.2 Å². The van der Waals surface area contributed by atoms with Crippen LogP contribution in [0.4, 0.5) is 0 Å². The molecule has 0 amide bonds. The number of carbonyl (C=O) groups is 2. The maximum Gasteiger partial charge on any atom is 0.328 e. The van der Waals surface area contributed by atoms with E-state index in [1.54, 1.807) is 13.0 Å². The molecule has 0 aliphatic carbocycles. The summed E-state index contributed by atoms with van der Waals surface area (Å²) in [6.07, 6.45) is 24.0. The first kappa shape index (κ1) is 25.4. The van der Waals surface area contributed by atoms with Crippen LogP contribution in [0, 0.1) is 0 Å². The van der Waals surface area contributed by atoms with Gasteiger partial charge in [-0.2, -0.15) is 0 Å². The van der Waals surface area contributed by atoms with Gasteiger partial charge in [-0.1, -0.05) is 95.6 Å². The summed E-state index contributed by atoms with van der Waals surface area (Å²) in [5.41, 5.74) is 0. The quantitative estimate of drug-likeness (QED) is 0.224. The van der Waals surface area contributed by atoms with E-state index >= 15 is 0 Å². The molecule has 0 aromatic heterocycles. The van der Waals surface area contributed by atoms with E-state index in [0.29, 0.717) is 0 Å². The van der Waals surface area contributed by atoms with Crippen LogP contribution >= 0.6 is 0 Å².